The third-order valence-electron chi connectivity index (χ3n) is 4.76. The van der Waals surface area contributed by atoms with Gasteiger partial charge in [0.1, 0.15) is 21.7 Å². The standard InChI is InChI=1S/C17H18N4O5S3/c1-26-13-5-7-14(8-6-13)28(22,23)20-9-11-21(12-10-20)29(24,25)16-4-2-3-15-17(16)19-27-18-15/h2-8H,9-12H2,1H3. The molecule has 1 saturated heterocycles. The second-order valence-corrected chi connectivity index (χ2v) is 10.7. The fraction of sp³-hybridized carbons (Fsp3) is 0.294. The molecule has 0 saturated carbocycles. The number of methoxy groups -OCH3 is 1. The van der Waals surface area contributed by atoms with E-state index < -0.39 is 20.0 Å². The second kappa shape index (κ2) is 7.61. The van der Waals surface area contributed by atoms with Crippen molar-refractivity contribution < 1.29 is 21.6 Å². The summed E-state index contributed by atoms with van der Waals surface area (Å²) >= 11 is 0.954. The summed E-state index contributed by atoms with van der Waals surface area (Å²) in [6, 6.07) is 10.9. The lowest BCUT2D eigenvalue weighted by Gasteiger charge is -2.33. The van der Waals surface area contributed by atoms with Crippen molar-refractivity contribution in [3.63, 3.8) is 0 Å². The Morgan fingerprint density at radius 2 is 1.48 bits per heavy atom. The molecule has 1 aliphatic rings. The van der Waals surface area contributed by atoms with Crippen LogP contribution in [0.1, 0.15) is 0 Å². The predicted octanol–water partition coefficient (Wildman–Crippen LogP) is 1.40. The number of benzene rings is 2. The SMILES string of the molecule is COc1ccc(S(=O)(=O)N2CCN(S(=O)(=O)c3cccc4nsnc34)CC2)cc1. The van der Waals surface area contributed by atoms with E-state index in [-0.39, 0.29) is 36.0 Å². The zero-order chi connectivity index (χ0) is 20.6. The number of piperazine rings is 1. The van der Waals surface area contributed by atoms with Gasteiger partial charge in [-0.15, -0.1) is 0 Å². The van der Waals surface area contributed by atoms with E-state index in [4.69, 9.17) is 4.74 Å². The van der Waals surface area contributed by atoms with Gasteiger partial charge in [-0.05, 0) is 36.4 Å². The van der Waals surface area contributed by atoms with Gasteiger partial charge in [0.2, 0.25) is 20.0 Å². The molecule has 154 valence electrons. The lowest BCUT2D eigenvalue weighted by atomic mass is 10.3. The second-order valence-electron chi connectivity index (χ2n) is 6.37. The van der Waals surface area contributed by atoms with Crippen molar-refractivity contribution >= 4 is 42.8 Å². The van der Waals surface area contributed by atoms with E-state index in [0.717, 1.165) is 11.7 Å². The van der Waals surface area contributed by atoms with Gasteiger partial charge in [0, 0.05) is 26.2 Å². The Morgan fingerprint density at radius 3 is 2.10 bits per heavy atom. The Bertz CT molecular complexity index is 1230. The van der Waals surface area contributed by atoms with Crippen molar-refractivity contribution in [2.24, 2.45) is 0 Å². The first-order valence-corrected chi connectivity index (χ1v) is 12.3. The molecule has 0 amide bonds. The lowest BCUT2D eigenvalue weighted by Crippen LogP contribution is -2.50. The van der Waals surface area contributed by atoms with E-state index in [2.05, 4.69) is 8.75 Å². The first-order chi connectivity index (χ1) is 13.8. The normalized spacial score (nSPS) is 16.9. The van der Waals surface area contributed by atoms with E-state index in [9.17, 15) is 16.8 Å². The highest BCUT2D eigenvalue weighted by Crippen LogP contribution is 2.26. The van der Waals surface area contributed by atoms with Crippen LogP contribution >= 0.6 is 11.7 Å². The maximum absolute atomic E-state index is 13.1. The fourth-order valence-corrected chi connectivity index (χ4v) is 6.77. The summed E-state index contributed by atoms with van der Waals surface area (Å²) < 4.78 is 67.7. The van der Waals surface area contributed by atoms with Crippen molar-refractivity contribution in [1.82, 2.24) is 17.4 Å². The quantitative estimate of drug-likeness (QED) is 0.573. The molecule has 9 nitrogen and oxygen atoms in total. The number of ether oxygens (including phenoxy) is 1. The third kappa shape index (κ3) is 3.62. The molecule has 2 aromatic carbocycles. The molecule has 2 heterocycles. The first-order valence-electron chi connectivity index (χ1n) is 8.70. The molecule has 29 heavy (non-hydrogen) atoms. The van der Waals surface area contributed by atoms with E-state index >= 15 is 0 Å². The maximum Gasteiger partial charge on any atom is 0.245 e. The summed E-state index contributed by atoms with van der Waals surface area (Å²) in [7, 11) is -6.01. The highest BCUT2D eigenvalue weighted by molar-refractivity contribution is 7.89. The number of rotatable bonds is 5. The number of hydrogen-bond acceptors (Lipinski definition) is 8. The Kier molecular flexibility index (Phi) is 5.29. The van der Waals surface area contributed by atoms with Crippen molar-refractivity contribution in [3.05, 3.63) is 42.5 Å². The van der Waals surface area contributed by atoms with Gasteiger partial charge < -0.3 is 4.74 Å². The Morgan fingerprint density at radius 1 is 0.862 bits per heavy atom. The minimum absolute atomic E-state index is 0.0612. The van der Waals surface area contributed by atoms with E-state index in [1.807, 2.05) is 0 Å². The summed E-state index contributed by atoms with van der Waals surface area (Å²) in [6.45, 7) is 0.259. The fourth-order valence-electron chi connectivity index (χ4n) is 3.18. The molecule has 0 aliphatic carbocycles. The minimum Gasteiger partial charge on any atom is -0.497 e. The molecule has 0 bridgehead atoms. The molecule has 3 aromatic rings. The molecule has 12 heteroatoms. The Balaban J connectivity index is 1.53. The summed E-state index contributed by atoms with van der Waals surface area (Å²) in [5.74, 6) is 0.561. The summed E-state index contributed by atoms with van der Waals surface area (Å²) in [5, 5.41) is 0. The van der Waals surface area contributed by atoms with Crippen LogP contribution in [0.5, 0.6) is 5.75 Å². The summed E-state index contributed by atoms with van der Waals surface area (Å²) in [5.41, 5.74) is 0.863. The Hall–Kier alpha value is -2.12. The molecule has 0 N–H and O–H groups in total. The molecular formula is C17H18N4O5S3. The van der Waals surface area contributed by atoms with Crippen LogP contribution in [0.3, 0.4) is 0 Å². The van der Waals surface area contributed by atoms with Crippen LogP contribution < -0.4 is 4.74 Å². The van der Waals surface area contributed by atoms with Crippen LogP contribution in [0.25, 0.3) is 11.0 Å². The monoisotopic (exact) mass is 454 g/mol. The minimum atomic E-state index is -3.80. The number of fused-ring (bicyclic) bond motifs is 1. The average molecular weight is 455 g/mol. The van der Waals surface area contributed by atoms with Gasteiger partial charge in [0.05, 0.1) is 23.7 Å². The molecule has 0 atom stereocenters. The molecule has 0 radical (unpaired) electrons. The molecular weight excluding hydrogens is 436 g/mol. The number of aromatic nitrogens is 2. The van der Waals surface area contributed by atoms with Gasteiger partial charge in [0.25, 0.3) is 0 Å². The summed E-state index contributed by atoms with van der Waals surface area (Å²) in [4.78, 5) is 0.239. The van der Waals surface area contributed by atoms with Crippen molar-refractivity contribution in [2.45, 2.75) is 9.79 Å². The molecule has 0 unspecified atom stereocenters. The summed E-state index contributed by atoms with van der Waals surface area (Å²) in [6.07, 6.45) is 0. The van der Waals surface area contributed by atoms with Gasteiger partial charge in [-0.25, -0.2) is 16.8 Å². The average Bonchev–Trinajstić information content (AvgIpc) is 3.22. The van der Waals surface area contributed by atoms with Gasteiger partial charge in [-0.3, -0.25) is 0 Å². The predicted molar refractivity (Wildman–Crippen MR) is 108 cm³/mol. The molecule has 1 aromatic heterocycles. The lowest BCUT2D eigenvalue weighted by molar-refractivity contribution is 0.273. The highest BCUT2D eigenvalue weighted by Gasteiger charge is 2.34. The van der Waals surface area contributed by atoms with Gasteiger partial charge >= 0.3 is 0 Å². The largest absolute Gasteiger partial charge is 0.497 e. The van der Waals surface area contributed by atoms with Crippen LogP contribution in [-0.4, -0.2) is 67.5 Å². The topological polar surface area (TPSA) is 110 Å². The number of sulfonamides is 2. The molecule has 0 spiro atoms. The Labute approximate surface area is 173 Å². The molecule has 4 rings (SSSR count). The zero-order valence-corrected chi connectivity index (χ0v) is 17.9. The van der Waals surface area contributed by atoms with Crippen LogP contribution in [0.2, 0.25) is 0 Å². The van der Waals surface area contributed by atoms with Crippen molar-refractivity contribution in [2.75, 3.05) is 33.3 Å². The van der Waals surface area contributed by atoms with E-state index in [1.165, 1.54) is 33.9 Å². The van der Waals surface area contributed by atoms with Crippen LogP contribution in [0.4, 0.5) is 0 Å². The van der Waals surface area contributed by atoms with E-state index in [0.29, 0.717) is 16.8 Å². The number of hydrogen-bond donors (Lipinski definition) is 0. The zero-order valence-electron chi connectivity index (χ0n) is 15.4. The molecule has 1 aliphatic heterocycles. The maximum atomic E-state index is 13.1. The van der Waals surface area contributed by atoms with Crippen molar-refractivity contribution in [3.8, 4) is 5.75 Å². The van der Waals surface area contributed by atoms with Crippen molar-refractivity contribution in [1.29, 1.82) is 0 Å². The number of nitrogens with zero attached hydrogens (tertiary/aromatic N) is 4. The van der Waals surface area contributed by atoms with Gasteiger partial charge in [-0.1, -0.05) is 6.07 Å². The van der Waals surface area contributed by atoms with Gasteiger partial charge in [-0.2, -0.15) is 17.4 Å². The van der Waals surface area contributed by atoms with Crippen LogP contribution in [0.15, 0.2) is 52.3 Å². The van der Waals surface area contributed by atoms with Crippen LogP contribution in [-0.2, 0) is 20.0 Å². The highest BCUT2D eigenvalue weighted by atomic mass is 32.2. The van der Waals surface area contributed by atoms with Crippen LogP contribution in [0, 0.1) is 0 Å². The van der Waals surface area contributed by atoms with E-state index in [1.54, 1.807) is 24.3 Å². The third-order valence-corrected chi connectivity index (χ3v) is 9.15. The van der Waals surface area contributed by atoms with Gasteiger partial charge in [0.15, 0.2) is 0 Å². The smallest absolute Gasteiger partial charge is 0.245 e. The first kappa shape index (κ1) is 20.2. The molecule has 1 fully saturated rings.